The van der Waals surface area contributed by atoms with Gasteiger partial charge in [0.15, 0.2) is 0 Å². The average Bonchev–Trinajstić information content (AvgIpc) is 2.44. The predicted molar refractivity (Wildman–Crippen MR) is 58.1 cm³/mol. The van der Waals surface area contributed by atoms with E-state index in [4.69, 9.17) is 5.73 Å². The standard InChI is InChI=1S/C9H13BrF3N3/c1-3-16-6(8(10)5(2)15-16)4-7(14)9(11,12)13/h7H,3-4,14H2,1-2H3. The molecule has 0 radical (unpaired) electrons. The van der Waals surface area contributed by atoms with Crippen LogP contribution in [0.15, 0.2) is 4.47 Å². The molecule has 0 bridgehead atoms. The zero-order chi connectivity index (χ0) is 12.5. The maximum absolute atomic E-state index is 12.3. The molecule has 0 fully saturated rings. The van der Waals surface area contributed by atoms with Crippen molar-refractivity contribution in [1.82, 2.24) is 9.78 Å². The monoisotopic (exact) mass is 299 g/mol. The van der Waals surface area contributed by atoms with Gasteiger partial charge in [-0.05, 0) is 29.8 Å². The maximum Gasteiger partial charge on any atom is 0.404 e. The van der Waals surface area contributed by atoms with Gasteiger partial charge in [0.25, 0.3) is 0 Å². The molecular formula is C9H13BrF3N3. The van der Waals surface area contributed by atoms with Gasteiger partial charge in [-0.1, -0.05) is 0 Å². The molecule has 2 N–H and O–H groups in total. The van der Waals surface area contributed by atoms with E-state index in [0.29, 0.717) is 22.4 Å². The molecule has 1 aromatic heterocycles. The van der Waals surface area contributed by atoms with Crippen LogP contribution in [0.4, 0.5) is 13.2 Å². The minimum Gasteiger partial charge on any atom is -0.320 e. The normalized spacial score (nSPS) is 14.2. The summed E-state index contributed by atoms with van der Waals surface area (Å²) in [6.45, 7) is 4.08. The fraction of sp³-hybridized carbons (Fsp3) is 0.667. The van der Waals surface area contributed by atoms with E-state index in [0.717, 1.165) is 0 Å². The summed E-state index contributed by atoms with van der Waals surface area (Å²) >= 11 is 3.23. The molecule has 92 valence electrons. The summed E-state index contributed by atoms with van der Waals surface area (Å²) in [5.41, 5.74) is 6.26. The zero-order valence-electron chi connectivity index (χ0n) is 8.98. The van der Waals surface area contributed by atoms with E-state index in [9.17, 15) is 13.2 Å². The lowest BCUT2D eigenvalue weighted by atomic mass is 10.1. The van der Waals surface area contributed by atoms with E-state index >= 15 is 0 Å². The first kappa shape index (κ1) is 13.5. The molecule has 0 aliphatic heterocycles. The van der Waals surface area contributed by atoms with Crippen molar-refractivity contribution in [2.45, 2.75) is 39.0 Å². The Morgan fingerprint density at radius 1 is 1.50 bits per heavy atom. The lowest BCUT2D eigenvalue weighted by Gasteiger charge is -2.16. The molecule has 1 heterocycles. The lowest BCUT2D eigenvalue weighted by Crippen LogP contribution is -2.39. The van der Waals surface area contributed by atoms with Gasteiger partial charge in [0.2, 0.25) is 0 Å². The smallest absolute Gasteiger partial charge is 0.320 e. The lowest BCUT2D eigenvalue weighted by molar-refractivity contribution is -0.147. The van der Waals surface area contributed by atoms with Crippen molar-refractivity contribution in [2.24, 2.45) is 5.73 Å². The molecule has 3 nitrogen and oxygen atoms in total. The Morgan fingerprint density at radius 2 is 2.06 bits per heavy atom. The predicted octanol–water partition coefficient (Wildman–Crippen LogP) is 2.41. The van der Waals surface area contributed by atoms with Crippen molar-refractivity contribution in [3.63, 3.8) is 0 Å². The summed E-state index contributed by atoms with van der Waals surface area (Å²) in [5.74, 6) is 0. The van der Waals surface area contributed by atoms with E-state index in [-0.39, 0.29) is 6.42 Å². The van der Waals surface area contributed by atoms with Crippen molar-refractivity contribution in [2.75, 3.05) is 0 Å². The molecule has 1 aromatic rings. The number of hydrogen-bond acceptors (Lipinski definition) is 2. The summed E-state index contributed by atoms with van der Waals surface area (Å²) in [5, 5.41) is 4.11. The number of nitrogens with zero attached hydrogens (tertiary/aromatic N) is 2. The Labute approximate surface area is 99.9 Å². The molecule has 0 aliphatic carbocycles. The highest BCUT2D eigenvalue weighted by Crippen LogP contribution is 2.26. The Balaban J connectivity index is 2.96. The first-order chi connectivity index (χ1) is 7.27. The molecule has 1 rings (SSSR count). The molecule has 1 atom stereocenters. The second-order valence-corrected chi connectivity index (χ2v) is 4.31. The molecule has 0 amide bonds. The molecule has 0 aromatic carbocycles. The van der Waals surface area contributed by atoms with Gasteiger partial charge in [-0.25, -0.2) is 0 Å². The molecule has 0 saturated carbocycles. The number of nitrogens with two attached hydrogens (primary N) is 1. The van der Waals surface area contributed by atoms with Crippen LogP contribution in [0, 0.1) is 6.92 Å². The molecule has 0 spiro atoms. The topological polar surface area (TPSA) is 43.8 Å². The van der Waals surface area contributed by atoms with Crippen LogP contribution in [-0.4, -0.2) is 22.0 Å². The zero-order valence-corrected chi connectivity index (χ0v) is 10.6. The van der Waals surface area contributed by atoms with Gasteiger partial charge in [-0.3, -0.25) is 4.68 Å². The number of halogens is 4. The number of hydrogen-bond donors (Lipinski definition) is 1. The van der Waals surface area contributed by atoms with Crippen LogP contribution >= 0.6 is 15.9 Å². The van der Waals surface area contributed by atoms with Gasteiger partial charge in [0.1, 0.15) is 6.04 Å². The van der Waals surface area contributed by atoms with Gasteiger partial charge in [0.05, 0.1) is 15.9 Å². The Hall–Kier alpha value is -0.560. The van der Waals surface area contributed by atoms with Crippen LogP contribution in [0.25, 0.3) is 0 Å². The van der Waals surface area contributed by atoms with Crippen LogP contribution in [0.1, 0.15) is 18.3 Å². The van der Waals surface area contributed by atoms with Crippen LogP contribution in [0.3, 0.4) is 0 Å². The number of rotatable bonds is 3. The van der Waals surface area contributed by atoms with E-state index in [1.54, 1.807) is 6.92 Å². The Bertz CT molecular complexity index is 373. The summed E-state index contributed by atoms with van der Waals surface area (Å²) in [6.07, 6.45) is -4.64. The molecule has 16 heavy (non-hydrogen) atoms. The van der Waals surface area contributed by atoms with E-state index < -0.39 is 12.2 Å². The summed E-state index contributed by atoms with van der Waals surface area (Å²) < 4.78 is 39.2. The van der Waals surface area contributed by atoms with E-state index in [1.165, 1.54) is 4.68 Å². The van der Waals surface area contributed by atoms with Crippen LogP contribution in [0.2, 0.25) is 0 Å². The second kappa shape index (κ2) is 4.75. The third kappa shape index (κ3) is 2.76. The van der Waals surface area contributed by atoms with Gasteiger partial charge in [-0.15, -0.1) is 0 Å². The molecule has 7 heteroatoms. The quantitative estimate of drug-likeness (QED) is 0.931. The minimum atomic E-state index is -4.38. The van der Waals surface area contributed by atoms with Gasteiger partial charge < -0.3 is 5.73 Å². The summed E-state index contributed by atoms with van der Waals surface area (Å²) in [7, 11) is 0. The number of aryl methyl sites for hydroxylation is 2. The molecule has 1 unspecified atom stereocenters. The highest BCUT2D eigenvalue weighted by molar-refractivity contribution is 9.10. The van der Waals surface area contributed by atoms with Crippen molar-refractivity contribution >= 4 is 15.9 Å². The van der Waals surface area contributed by atoms with Crippen LogP contribution in [0.5, 0.6) is 0 Å². The number of alkyl halides is 3. The highest BCUT2D eigenvalue weighted by atomic mass is 79.9. The molecular weight excluding hydrogens is 287 g/mol. The SMILES string of the molecule is CCn1nc(C)c(Br)c1CC(N)C(F)(F)F. The Morgan fingerprint density at radius 3 is 2.50 bits per heavy atom. The fourth-order valence-electron chi connectivity index (χ4n) is 1.39. The Kier molecular flexibility index (Phi) is 4.01. The summed E-state index contributed by atoms with van der Waals surface area (Å²) in [6, 6.07) is -1.86. The van der Waals surface area contributed by atoms with Crippen molar-refractivity contribution in [3.05, 3.63) is 15.9 Å². The highest BCUT2D eigenvalue weighted by Gasteiger charge is 2.37. The summed E-state index contributed by atoms with van der Waals surface area (Å²) in [4.78, 5) is 0. The van der Waals surface area contributed by atoms with E-state index in [2.05, 4.69) is 21.0 Å². The van der Waals surface area contributed by atoms with Crippen molar-refractivity contribution < 1.29 is 13.2 Å². The molecule has 0 saturated heterocycles. The molecule has 0 aliphatic rings. The van der Waals surface area contributed by atoms with Crippen molar-refractivity contribution in [3.8, 4) is 0 Å². The second-order valence-electron chi connectivity index (χ2n) is 3.51. The van der Waals surface area contributed by atoms with Crippen LogP contribution < -0.4 is 5.73 Å². The first-order valence-electron chi connectivity index (χ1n) is 4.81. The van der Waals surface area contributed by atoms with Crippen LogP contribution in [-0.2, 0) is 13.0 Å². The average molecular weight is 300 g/mol. The third-order valence-electron chi connectivity index (χ3n) is 2.29. The number of aromatic nitrogens is 2. The first-order valence-corrected chi connectivity index (χ1v) is 5.60. The van der Waals surface area contributed by atoms with Gasteiger partial charge in [0, 0.05) is 13.0 Å². The maximum atomic E-state index is 12.3. The minimum absolute atomic E-state index is 0.265. The van der Waals surface area contributed by atoms with Gasteiger partial charge in [-0.2, -0.15) is 18.3 Å². The van der Waals surface area contributed by atoms with E-state index in [1.807, 2.05) is 6.92 Å². The van der Waals surface area contributed by atoms with Gasteiger partial charge >= 0.3 is 6.18 Å². The largest absolute Gasteiger partial charge is 0.404 e. The third-order valence-corrected chi connectivity index (χ3v) is 3.32. The fourth-order valence-corrected chi connectivity index (χ4v) is 1.83. The van der Waals surface area contributed by atoms with Crippen molar-refractivity contribution in [1.29, 1.82) is 0 Å².